The zero-order valence-electron chi connectivity index (χ0n) is 44.3. The highest BCUT2D eigenvalue weighted by molar-refractivity contribution is 7.12. The molecule has 4 aromatic rings. The Hall–Kier alpha value is -2.79. The molecule has 0 amide bonds. The maximum atomic E-state index is 5.44. The van der Waals surface area contributed by atoms with Gasteiger partial charge in [-0.15, -0.1) is 11.3 Å². The predicted molar refractivity (Wildman–Crippen MR) is 266 cm³/mol. The lowest BCUT2D eigenvalue weighted by Gasteiger charge is -2.23. The van der Waals surface area contributed by atoms with Crippen LogP contribution in [-0.4, -0.2) is 15.1 Å². The smallest absolute Gasteiger partial charge is 0.145 e. The topological polar surface area (TPSA) is 51.8 Å². The summed E-state index contributed by atoms with van der Waals surface area (Å²) >= 11 is 1.86. The Morgan fingerprint density at radius 2 is 0.915 bits per heavy atom. The van der Waals surface area contributed by atoms with Crippen molar-refractivity contribution in [1.82, 2.24) is 15.1 Å². The molecule has 0 unspecified atom stereocenters. The van der Waals surface area contributed by atoms with Crippen LogP contribution in [0.15, 0.2) is 47.1 Å². The van der Waals surface area contributed by atoms with Crippen LogP contribution in [0.2, 0.25) is 0 Å². The number of thiazole rings is 1. The highest BCUT2D eigenvalue weighted by atomic mass is 32.1. The van der Waals surface area contributed by atoms with Crippen LogP contribution in [0.4, 0.5) is 0 Å². The average Bonchev–Trinajstić information content (AvgIpc) is 3.70. The molecular formula is C54H95N3OS. The third-order valence-corrected chi connectivity index (χ3v) is 11.3. The van der Waals surface area contributed by atoms with Crippen molar-refractivity contribution in [3.05, 3.63) is 97.6 Å². The van der Waals surface area contributed by atoms with E-state index in [0.29, 0.717) is 5.92 Å². The number of benzene rings is 1. The number of aryl methyl sites for hydroxylation is 1. The van der Waals surface area contributed by atoms with E-state index in [1.807, 2.05) is 45.2 Å². The molecule has 0 aliphatic carbocycles. The maximum absolute atomic E-state index is 5.44. The number of hydrogen-bond acceptors (Lipinski definition) is 5. The van der Waals surface area contributed by atoms with Gasteiger partial charge in [0, 0.05) is 38.6 Å². The maximum Gasteiger partial charge on any atom is 0.145 e. The quantitative estimate of drug-likeness (QED) is 0.192. The fourth-order valence-corrected chi connectivity index (χ4v) is 7.03. The second kappa shape index (κ2) is 22.9. The summed E-state index contributed by atoms with van der Waals surface area (Å²) in [6, 6.07) is 13.3. The van der Waals surface area contributed by atoms with Gasteiger partial charge in [-0.05, 0) is 70.2 Å². The molecule has 0 fully saturated rings. The van der Waals surface area contributed by atoms with Crippen LogP contribution in [-0.2, 0) is 37.9 Å². The lowest BCUT2D eigenvalue weighted by atomic mass is 9.82. The Kier molecular flexibility index (Phi) is 22.6. The first-order valence-electron chi connectivity index (χ1n) is 22.4. The van der Waals surface area contributed by atoms with Gasteiger partial charge in [0.25, 0.3) is 0 Å². The third-order valence-electron chi connectivity index (χ3n) is 9.29. The first kappa shape index (κ1) is 58.3. The molecule has 4 rings (SSSR count). The average molecular weight is 834 g/mol. The van der Waals surface area contributed by atoms with Crippen LogP contribution in [0, 0.1) is 13.8 Å². The molecule has 0 atom stereocenters. The minimum absolute atomic E-state index is 0.0422. The minimum atomic E-state index is 0.0422. The van der Waals surface area contributed by atoms with Gasteiger partial charge in [0.2, 0.25) is 0 Å². The van der Waals surface area contributed by atoms with Gasteiger partial charge in [-0.25, -0.2) is 4.98 Å². The van der Waals surface area contributed by atoms with E-state index in [2.05, 4.69) is 225 Å². The number of nitrogens with zero attached hydrogens (tertiary/aromatic N) is 3. The Bertz CT molecular complexity index is 1670. The van der Waals surface area contributed by atoms with E-state index < -0.39 is 0 Å². The van der Waals surface area contributed by atoms with Gasteiger partial charge in [0.15, 0.2) is 0 Å². The molecule has 0 saturated carbocycles. The molecule has 5 heteroatoms. The molecule has 59 heavy (non-hydrogen) atoms. The summed E-state index contributed by atoms with van der Waals surface area (Å²) in [5.41, 5.74) is 10.1. The Morgan fingerprint density at radius 3 is 1.15 bits per heavy atom. The Labute approximate surface area is 371 Å². The standard InChI is InChI=1S/C14H22.C12H21NO.C12H21NS.C12H19N.2C2H6/c1-13(2,3)11-7-9-12(10-8-11)14(4,5)6;1-8-9(11(2,3)4)13-14-10(8)12(5,6)7;1-8-9(11(2,3)4)14-10(13-8)12(5,6)7;1-9(2)11-8-10(6-7-13-11)12(3,4)5;2*1-2/h7-10H,1-6H3;2*1-7H3;6-9H,1-5H3;2*1-2H3. The molecule has 0 aliphatic heterocycles. The van der Waals surface area contributed by atoms with Gasteiger partial charge < -0.3 is 4.52 Å². The molecule has 0 aliphatic rings. The number of rotatable bonds is 1. The van der Waals surface area contributed by atoms with Gasteiger partial charge in [-0.3, -0.25) is 4.98 Å². The monoisotopic (exact) mass is 834 g/mol. The van der Waals surface area contributed by atoms with E-state index in [0.717, 1.165) is 11.5 Å². The number of pyridine rings is 1. The second-order valence-corrected chi connectivity index (χ2v) is 23.9. The summed E-state index contributed by atoms with van der Waals surface area (Å²) in [5, 5.41) is 5.43. The first-order chi connectivity index (χ1) is 26.4. The summed E-state index contributed by atoms with van der Waals surface area (Å²) in [4.78, 5) is 10.4. The van der Waals surface area contributed by atoms with E-state index in [1.165, 1.54) is 43.5 Å². The van der Waals surface area contributed by atoms with Crippen molar-refractivity contribution in [2.75, 3.05) is 0 Å². The van der Waals surface area contributed by atoms with Crippen molar-refractivity contribution >= 4 is 11.3 Å². The Morgan fingerprint density at radius 1 is 0.508 bits per heavy atom. The predicted octanol–water partition coefficient (Wildman–Crippen LogP) is 17.5. The summed E-state index contributed by atoms with van der Waals surface area (Å²) in [6.45, 7) is 63.1. The van der Waals surface area contributed by atoms with E-state index in [4.69, 9.17) is 4.52 Å². The largest absolute Gasteiger partial charge is 0.360 e. The van der Waals surface area contributed by atoms with Crippen LogP contribution in [0.3, 0.4) is 0 Å². The molecule has 0 N–H and O–H groups in total. The summed E-state index contributed by atoms with van der Waals surface area (Å²) in [7, 11) is 0. The molecule has 0 saturated heterocycles. The fraction of sp³-hybridized carbons (Fsp3) is 0.685. The molecular weight excluding hydrogens is 739 g/mol. The fourth-order valence-electron chi connectivity index (χ4n) is 5.85. The molecule has 3 heterocycles. The zero-order chi connectivity index (χ0) is 47.3. The molecule has 0 spiro atoms. The molecule has 0 bridgehead atoms. The Balaban J connectivity index is 0. The zero-order valence-corrected chi connectivity index (χ0v) is 45.1. The van der Waals surface area contributed by atoms with Crippen LogP contribution in [0.1, 0.15) is 248 Å². The van der Waals surface area contributed by atoms with Gasteiger partial charge in [-0.2, -0.15) is 0 Å². The minimum Gasteiger partial charge on any atom is -0.360 e. The number of aromatic nitrogens is 3. The van der Waals surface area contributed by atoms with E-state index >= 15 is 0 Å². The molecule has 1 aromatic carbocycles. The van der Waals surface area contributed by atoms with E-state index in [1.54, 1.807) is 0 Å². The van der Waals surface area contributed by atoms with Gasteiger partial charge >= 0.3 is 0 Å². The van der Waals surface area contributed by atoms with Crippen LogP contribution < -0.4 is 0 Å². The molecule has 3 aromatic heterocycles. The summed E-state index contributed by atoms with van der Waals surface area (Å²) < 4.78 is 5.44. The number of hydrogen-bond donors (Lipinski definition) is 0. The van der Waals surface area contributed by atoms with Crippen molar-refractivity contribution in [2.24, 2.45) is 0 Å². The van der Waals surface area contributed by atoms with Crippen molar-refractivity contribution in [1.29, 1.82) is 0 Å². The van der Waals surface area contributed by atoms with Gasteiger partial charge in [0.05, 0.1) is 16.4 Å². The van der Waals surface area contributed by atoms with E-state index in [9.17, 15) is 0 Å². The third kappa shape index (κ3) is 20.1. The highest BCUT2D eigenvalue weighted by Gasteiger charge is 2.29. The van der Waals surface area contributed by atoms with Crippen molar-refractivity contribution in [2.45, 2.75) is 245 Å². The van der Waals surface area contributed by atoms with E-state index in [-0.39, 0.29) is 37.9 Å². The lowest BCUT2D eigenvalue weighted by molar-refractivity contribution is 0.318. The first-order valence-corrected chi connectivity index (χ1v) is 23.2. The molecule has 4 nitrogen and oxygen atoms in total. The van der Waals surface area contributed by atoms with Gasteiger partial charge in [-0.1, -0.05) is 216 Å². The van der Waals surface area contributed by atoms with Crippen LogP contribution >= 0.6 is 11.3 Å². The molecule has 338 valence electrons. The van der Waals surface area contributed by atoms with Crippen molar-refractivity contribution < 1.29 is 4.52 Å². The van der Waals surface area contributed by atoms with Gasteiger partial charge in [0.1, 0.15) is 5.76 Å². The second-order valence-electron chi connectivity index (χ2n) is 22.9. The lowest BCUT2D eigenvalue weighted by Crippen LogP contribution is -2.15. The van der Waals surface area contributed by atoms with Crippen LogP contribution in [0.25, 0.3) is 0 Å². The van der Waals surface area contributed by atoms with Crippen molar-refractivity contribution in [3.63, 3.8) is 0 Å². The van der Waals surface area contributed by atoms with Crippen LogP contribution in [0.5, 0.6) is 0 Å². The van der Waals surface area contributed by atoms with Crippen molar-refractivity contribution in [3.8, 4) is 0 Å². The summed E-state index contributed by atoms with van der Waals surface area (Å²) in [5.74, 6) is 1.52. The highest BCUT2D eigenvalue weighted by Crippen LogP contribution is 2.36. The normalized spacial score (nSPS) is 12.3. The molecule has 0 radical (unpaired) electrons. The SMILES string of the molecule is CC.CC.CC(C)(C)c1ccc(C(C)(C)C)cc1.CC(C)c1cc(C(C)(C)C)ccn1.Cc1c(C(C)(C)C)noc1C(C)(C)C.Cc1nc(C(C)(C)C)sc1C(C)(C)C. The summed E-state index contributed by atoms with van der Waals surface area (Å²) in [6.07, 6.45) is 1.91.